The van der Waals surface area contributed by atoms with Crippen LogP contribution in [0.25, 0.3) is 0 Å². The van der Waals surface area contributed by atoms with Crippen LogP contribution in [0.4, 0.5) is 5.69 Å². The van der Waals surface area contributed by atoms with Crippen LogP contribution in [0.15, 0.2) is 48.5 Å². The van der Waals surface area contributed by atoms with Crippen molar-refractivity contribution in [3.05, 3.63) is 65.2 Å². The van der Waals surface area contributed by atoms with Crippen LogP contribution in [-0.2, 0) is 31.6 Å². The van der Waals surface area contributed by atoms with E-state index in [9.17, 15) is 18.0 Å². The van der Waals surface area contributed by atoms with Gasteiger partial charge in [0.1, 0.15) is 12.6 Å². The van der Waals surface area contributed by atoms with Crippen molar-refractivity contribution < 1.29 is 18.0 Å². The summed E-state index contributed by atoms with van der Waals surface area (Å²) in [6, 6.07) is 15.2. The van der Waals surface area contributed by atoms with E-state index < -0.39 is 22.0 Å². The maximum absolute atomic E-state index is 14.0. The lowest BCUT2D eigenvalue weighted by atomic mass is 9.48. The van der Waals surface area contributed by atoms with Gasteiger partial charge in [-0.3, -0.25) is 13.9 Å². The molecular weight excluding hydrogens is 558 g/mol. The normalized spacial score (nSPS) is 27.2. The molecule has 0 spiro atoms. The zero-order valence-corrected chi connectivity index (χ0v) is 26.7. The Balaban J connectivity index is 1.23. The molecule has 0 heterocycles. The highest BCUT2D eigenvalue weighted by atomic mass is 32.2. The highest BCUT2D eigenvalue weighted by Gasteiger charge is 2.51. The van der Waals surface area contributed by atoms with Crippen LogP contribution in [0, 0.1) is 24.7 Å². The summed E-state index contributed by atoms with van der Waals surface area (Å²) >= 11 is 0. The molecule has 0 saturated heterocycles. The topological polar surface area (TPSA) is 86.8 Å². The molecule has 5 aliphatic carbocycles. The minimum atomic E-state index is -3.76. The van der Waals surface area contributed by atoms with Crippen molar-refractivity contribution in [2.45, 2.75) is 102 Å². The number of anilines is 1. The molecule has 0 radical (unpaired) electrons. The number of aryl methyl sites for hydroxylation is 1. The van der Waals surface area contributed by atoms with Gasteiger partial charge in [0.2, 0.25) is 21.8 Å². The van der Waals surface area contributed by atoms with Crippen LogP contribution < -0.4 is 9.62 Å². The summed E-state index contributed by atoms with van der Waals surface area (Å²) in [6.45, 7) is 3.59. The molecule has 232 valence electrons. The van der Waals surface area contributed by atoms with Crippen molar-refractivity contribution in [2.75, 3.05) is 17.1 Å². The van der Waals surface area contributed by atoms with Crippen molar-refractivity contribution >= 4 is 27.5 Å². The molecule has 8 heteroatoms. The van der Waals surface area contributed by atoms with Gasteiger partial charge in [0, 0.05) is 12.6 Å². The molecule has 7 nitrogen and oxygen atoms in total. The minimum absolute atomic E-state index is 0.130. The lowest BCUT2D eigenvalue weighted by molar-refractivity contribution is -0.139. The summed E-state index contributed by atoms with van der Waals surface area (Å²) in [5.41, 5.74) is 3.97. The third kappa shape index (κ3) is 6.36. The number of sulfonamides is 1. The van der Waals surface area contributed by atoms with Gasteiger partial charge in [-0.25, -0.2) is 8.42 Å². The largest absolute Gasteiger partial charge is 0.352 e. The third-order valence-electron chi connectivity index (χ3n) is 11.0. The molecular formula is C35H47N3O4S. The molecule has 2 aromatic rings. The number of carbonyl (C=O) groups excluding carboxylic acids is 2. The van der Waals surface area contributed by atoms with E-state index in [0.717, 1.165) is 60.8 Å². The zero-order chi connectivity index (χ0) is 30.4. The summed E-state index contributed by atoms with van der Waals surface area (Å²) in [5.74, 6) is 1.88. The first-order valence-electron chi connectivity index (χ1n) is 16.2. The van der Waals surface area contributed by atoms with Gasteiger partial charge >= 0.3 is 0 Å². The lowest BCUT2D eigenvalue weighted by Gasteiger charge is -2.57. The molecule has 1 atom stereocenters. The summed E-state index contributed by atoms with van der Waals surface area (Å²) in [4.78, 5) is 28.9. The molecule has 0 aromatic heterocycles. The maximum atomic E-state index is 14.0. The van der Waals surface area contributed by atoms with Crippen molar-refractivity contribution in [3.8, 4) is 0 Å². The first-order valence-corrected chi connectivity index (χ1v) is 18.1. The van der Waals surface area contributed by atoms with E-state index in [1.807, 2.05) is 43.3 Å². The number of benzene rings is 2. The Kier molecular flexibility index (Phi) is 8.35. The number of hydrogen-bond donors (Lipinski definition) is 1. The lowest BCUT2D eigenvalue weighted by Crippen LogP contribution is -2.52. The van der Waals surface area contributed by atoms with E-state index in [0.29, 0.717) is 5.69 Å². The summed E-state index contributed by atoms with van der Waals surface area (Å²) < 4.78 is 27.4. The molecule has 5 aliphatic rings. The van der Waals surface area contributed by atoms with E-state index in [1.54, 1.807) is 6.92 Å². The van der Waals surface area contributed by atoms with Gasteiger partial charge in [-0.05, 0) is 117 Å². The fourth-order valence-corrected chi connectivity index (χ4v) is 9.85. The monoisotopic (exact) mass is 605 g/mol. The number of rotatable bonds is 10. The van der Waals surface area contributed by atoms with Gasteiger partial charge in [-0.1, -0.05) is 49.2 Å². The van der Waals surface area contributed by atoms with Gasteiger partial charge in [0.25, 0.3) is 0 Å². The van der Waals surface area contributed by atoms with E-state index in [2.05, 4.69) is 17.4 Å². The molecule has 0 aliphatic heterocycles. The van der Waals surface area contributed by atoms with E-state index in [4.69, 9.17) is 0 Å². The minimum Gasteiger partial charge on any atom is -0.352 e. The van der Waals surface area contributed by atoms with Crippen molar-refractivity contribution in [1.82, 2.24) is 10.2 Å². The second kappa shape index (κ2) is 11.9. The summed E-state index contributed by atoms with van der Waals surface area (Å²) in [6.07, 6.45) is 13.1. The van der Waals surface area contributed by atoms with Gasteiger partial charge < -0.3 is 10.2 Å². The predicted molar refractivity (Wildman–Crippen MR) is 170 cm³/mol. The second-order valence-electron chi connectivity index (χ2n) is 14.1. The number of amides is 2. The Bertz CT molecular complexity index is 1410. The quantitative estimate of drug-likeness (QED) is 0.376. The van der Waals surface area contributed by atoms with Gasteiger partial charge in [0.15, 0.2) is 0 Å². The van der Waals surface area contributed by atoms with Crippen molar-refractivity contribution in [2.24, 2.45) is 17.8 Å². The van der Waals surface area contributed by atoms with Gasteiger partial charge in [0.05, 0.1) is 11.9 Å². The van der Waals surface area contributed by atoms with Crippen LogP contribution in [0.1, 0.15) is 87.8 Å². The summed E-state index contributed by atoms with van der Waals surface area (Å²) in [7, 11) is -3.76. The third-order valence-corrected chi connectivity index (χ3v) is 12.1. The standard InChI is InChI=1S/C35H47N3O4S/c1-24-8-4-5-9-29(24)22-37(25(2)34(40)36-31-10-6-7-11-31)33(39)23-38(43(3,41)42)32-14-12-30(13-15-32)35-19-26-16-27(20-35)18-28(17-26)21-35/h4-5,8-9,12-15,25-28,31H,6-7,10-11,16-23H2,1-3H3,(H,36,40)/t25-,26?,27?,28?,35?/m0/s1. The second-order valence-corrected chi connectivity index (χ2v) is 16.0. The molecule has 1 N–H and O–H groups in total. The Hall–Kier alpha value is -2.87. The number of carbonyl (C=O) groups is 2. The van der Waals surface area contributed by atoms with Crippen LogP contribution in [0.2, 0.25) is 0 Å². The molecule has 2 aromatic carbocycles. The smallest absolute Gasteiger partial charge is 0.244 e. The fourth-order valence-electron chi connectivity index (χ4n) is 9.00. The first-order chi connectivity index (χ1) is 20.5. The van der Waals surface area contributed by atoms with Crippen LogP contribution in [0.5, 0.6) is 0 Å². The average Bonchev–Trinajstić information content (AvgIpc) is 3.47. The number of hydrogen-bond acceptors (Lipinski definition) is 4. The highest BCUT2D eigenvalue weighted by molar-refractivity contribution is 7.92. The highest BCUT2D eigenvalue weighted by Crippen LogP contribution is 2.60. The Morgan fingerprint density at radius 1 is 0.930 bits per heavy atom. The van der Waals surface area contributed by atoms with Crippen LogP contribution in [0.3, 0.4) is 0 Å². The predicted octanol–water partition coefficient (Wildman–Crippen LogP) is 5.70. The van der Waals surface area contributed by atoms with Crippen LogP contribution >= 0.6 is 0 Å². The first kappa shape index (κ1) is 30.2. The van der Waals surface area contributed by atoms with Crippen molar-refractivity contribution in [3.63, 3.8) is 0 Å². The molecule has 5 saturated carbocycles. The molecule has 43 heavy (non-hydrogen) atoms. The van der Waals surface area contributed by atoms with E-state index in [1.165, 1.54) is 53.3 Å². The SMILES string of the molecule is Cc1ccccc1CN(C(=O)CN(c1ccc(C23CC4CC(CC(C4)C2)C3)cc1)S(C)(=O)=O)[C@@H](C)C(=O)NC1CCCC1. The molecule has 5 fully saturated rings. The summed E-state index contributed by atoms with van der Waals surface area (Å²) in [5, 5.41) is 3.13. The fraction of sp³-hybridized carbons (Fsp3) is 0.600. The molecule has 4 bridgehead atoms. The Labute approximate surface area is 257 Å². The molecule has 0 unspecified atom stereocenters. The number of nitrogens with zero attached hydrogens (tertiary/aromatic N) is 2. The van der Waals surface area contributed by atoms with Gasteiger partial charge in [-0.2, -0.15) is 0 Å². The maximum Gasteiger partial charge on any atom is 0.244 e. The Morgan fingerprint density at radius 3 is 2.07 bits per heavy atom. The van der Waals surface area contributed by atoms with E-state index >= 15 is 0 Å². The molecule has 2 amide bonds. The average molecular weight is 606 g/mol. The van der Waals surface area contributed by atoms with Crippen LogP contribution in [-0.4, -0.2) is 50.0 Å². The van der Waals surface area contributed by atoms with E-state index in [-0.39, 0.29) is 30.5 Å². The Morgan fingerprint density at radius 2 is 1.51 bits per heavy atom. The number of nitrogens with one attached hydrogen (secondary N) is 1. The van der Waals surface area contributed by atoms with Crippen molar-refractivity contribution in [1.29, 1.82) is 0 Å². The van der Waals surface area contributed by atoms with Gasteiger partial charge in [-0.15, -0.1) is 0 Å². The zero-order valence-electron chi connectivity index (χ0n) is 25.9. The molecule has 7 rings (SSSR count).